The molecule has 0 atom stereocenters. The number of nitrogens with one attached hydrogen (secondary N) is 1. The van der Waals surface area contributed by atoms with E-state index in [2.05, 4.69) is 27.6 Å². The molecule has 0 aliphatic heterocycles. The number of aromatic nitrogens is 2. The van der Waals surface area contributed by atoms with Crippen molar-refractivity contribution in [2.75, 3.05) is 0 Å². The molecule has 0 saturated heterocycles. The first kappa shape index (κ1) is 17.3. The zero-order chi connectivity index (χ0) is 19.6. The first-order chi connectivity index (χ1) is 14.3. The quantitative estimate of drug-likeness (QED) is 0.538. The van der Waals surface area contributed by atoms with Crippen LogP contribution >= 0.6 is 0 Å². The van der Waals surface area contributed by atoms with Crippen molar-refractivity contribution in [1.82, 2.24) is 15.4 Å². The van der Waals surface area contributed by atoms with Crippen molar-refractivity contribution in [1.29, 1.82) is 0 Å². The van der Waals surface area contributed by atoms with E-state index in [9.17, 15) is 4.79 Å². The highest BCUT2D eigenvalue weighted by Gasteiger charge is 2.18. The molecule has 1 aliphatic rings. The van der Waals surface area contributed by atoms with Crippen molar-refractivity contribution in [3.63, 3.8) is 0 Å². The maximum absolute atomic E-state index is 13.0. The number of carbonyl (C=O) groups is 1. The number of hydrogen-bond donors (Lipinski definition) is 1. The summed E-state index contributed by atoms with van der Waals surface area (Å²) in [4.78, 5) is 21.9. The molecule has 1 amide bonds. The lowest BCUT2D eigenvalue weighted by atomic mass is 10.0. The van der Waals surface area contributed by atoms with Crippen LogP contribution in [0, 0.1) is 0 Å². The summed E-state index contributed by atoms with van der Waals surface area (Å²) in [5.41, 5.74) is 8.94. The number of rotatable bonds is 3. The number of hydrazone groups is 1. The molecular weight excluding hydrogens is 360 g/mol. The van der Waals surface area contributed by atoms with Crippen LogP contribution in [0.3, 0.4) is 0 Å². The normalized spacial score (nSPS) is 14.1. The minimum Gasteiger partial charge on any atom is -0.267 e. The van der Waals surface area contributed by atoms with Gasteiger partial charge in [0.05, 0.1) is 22.5 Å². The van der Waals surface area contributed by atoms with Crippen molar-refractivity contribution in [3.8, 4) is 11.3 Å². The molecular formula is C24H18N4O. The Hall–Kier alpha value is -3.86. The van der Waals surface area contributed by atoms with Crippen LogP contribution in [0.4, 0.5) is 0 Å². The van der Waals surface area contributed by atoms with Crippen molar-refractivity contribution >= 4 is 22.5 Å². The van der Waals surface area contributed by atoms with Gasteiger partial charge in [-0.25, -0.2) is 10.4 Å². The molecule has 4 aromatic rings. The summed E-state index contributed by atoms with van der Waals surface area (Å²) in [6.45, 7) is 0. The molecule has 140 valence electrons. The van der Waals surface area contributed by atoms with Gasteiger partial charge in [-0.05, 0) is 42.7 Å². The first-order valence-corrected chi connectivity index (χ1v) is 9.55. The van der Waals surface area contributed by atoms with Gasteiger partial charge in [0.15, 0.2) is 0 Å². The number of pyridine rings is 2. The fourth-order valence-corrected chi connectivity index (χ4v) is 3.73. The van der Waals surface area contributed by atoms with E-state index in [-0.39, 0.29) is 5.91 Å². The molecule has 5 rings (SSSR count). The summed E-state index contributed by atoms with van der Waals surface area (Å²) in [7, 11) is 0. The molecule has 1 N–H and O–H groups in total. The summed E-state index contributed by atoms with van der Waals surface area (Å²) >= 11 is 0. The number of nitrogens with zero attached hydrogens (tertiary/aromatic N) is 3. The van der Waals surface area contributed by atoms with E-state index in [0.29, 0.717) is 11.3 Å². The Bertz CT molecular complexity index is 1250. The van der Waals surface area contributed by atoms with E-state index in [0.717, 1.165) is 40.6 Å². The number of carbonyl (C=O) groups excluding carboxylic acids is 1. The van der Waals surface area contributed by atoms with Crippen LogP contribution < -0.4 is 5.43 Å². The van der Waals surface area contributed by atoms with Gasteiger partial charge in [-0.2, -0.15) is 5.10 Å². The van der Waals surface area contributed by atoms with Crippen molar-refractivity contribution in [2.24, 2.45) is 5.10 Å². The number of hydrogen-bond acceptors (Lipinski definition) is 4. The van der Waals surface area contributed by atoms with Crippen LogP contribution in [0.15, 0.2) is 84.2 Å². The Kier molecular flexibility index (Phi) is 4.33. The first-order valence-electron chi connectivity index (χ1n) is 9.55. The van der Waals surface area contributed by atoms with E-state index >= 15 is 0 Å². The fourth-order valence-electron chi connectivity index (χ4n) is 3.73. The lowest BCUT2D eigenvalue weighted by Gasteiger charge is -2.09. The molecule has 1 aliphatic carbocycles. The molecule has 0 radical (unpaired) electrons. The lowest BCUT2D eigenvalue weighted by Crippen LogP contribution is -2.20. The Morgan fingerprint density at radius 3 is 2.72 bits per heavy atom. The van der Waals surface area contributed by atoms with Gasteiger partial charge in [0.25, 0.3) is 5.91 Å². The maximum atomic E-state index is 13.0. The topological polar surface area (TPSA) is 67.2 Å². The Morgan fingerprint density at radius 2 is 1.83 bits per heavy atom. The third-order valence-corrected chi connectivity index (χ3v) is 5.17. The van der Waals surface area contributed by atoms with Crippen molar-refractivity contribution < 1.29 is 4.79 Å². The molecule has 5 nitrogen and oxygen atoms in total. The van der Waals surface area contributed by atoms with Gasteiger partial charge in [-0.3, -0.25) is 9.78 Å². The highest BCUT2D eigenvalue weighted by molar-refractivity contribution is 6.09. The van der Waals surface area contributed by atoms with Crippen LogP contribution in [0.25, 0.3) is 22.2 Å². The minimum atomic E-state index is -0.245. The predicted molar refractivity (Wildman–Crippen MR) is 114 cm³/mol. The zero-order valence-corrected chi connectivity index (χ0v) is 15.7. The van der Waals surface area contributed by atoms with E-state index < -0.39 is 0 Å². The van der Waals surface area contributed by atoms with E-state index in [4.69, 9.17) is 4.98 Å². The van der Waals surface area contributed by atoms with Gasteiger partial charge in [0.2, 0.25) is 0 Å². The fraction of sp³-hybridized carbons (Fsp3) is 0.0833. The van der Waals surface area contributed by atoms with Crippen LogP contribution in [0.2, 0.25) is 0 Å². The molecule has 5 heteroatoms. The van der Waals surface area contributed by atoms with Crippen LogP contribution in [-0.2, 0) is 6.42 Å². The smallest absolute Gasteiger partial charge is 0.267 e. The molecule has 0 bridgehead atoms. The van der Waals surface area contributed by atoms with E-state index in [1.165, 1.54) is 5.56 Å². The third-order valence-electron chi connectivity index (χ3n) is 5.17. The monoisotopic (exact) mass is 378 g/mol. The molecule has 2 aromatic heterocycles. The van der Waals surface area contributed by atoms with Gasteiger partial charge in [-0.1, -0.05) is 42.5 Å². The Morgan fingerprint density at radius 1 is 0.966 bits per heavy atom. The van der Waals surface area contributed by atoms with Gasteiger partial charge < -0.3 is 0 Å². The van der Waals surface area contributed by atoms with Gasteiger partial charge in [0, 0.05) is 28.9 Å². The number of benzene rings is 2. The molecule has 2 heterocycles. The second-order valence-corrected chi connectivity index (χ2v) is 6.97. The molecule has 0 fully saturated rings. The van der Waals surface area contributed by atoms with Crippen LogP contribution in [0.5, 0.6) is 0 Å². The summed E-state index contributed by atoms with van der Waals surface area (Å²) in [6.07, 6.45) is 5.24. The lowest BCUT2D eigenvalue weighted by molar-refractivity contribution is 0.0956. The van der Waals surface area contributed by atoms with Gasteiger partial charge >= 0.3 is 0 Å². The average molecular weight is 378 g/mol. The van der Waals surface area contributed by atoms with Crippen molar-refractivity contribution in [2.45, 2.75) is 12.8 Å². The molecule has 2 aromatic carbocycles. The second kappa shape index (κ2) is 7.28. The summed E-state index contributed by atoms with van der Waals surface area (Å²) in [6, 6.07) is 21.4. The second-order valence-electron chi connectivity index (χ2n) is 6.97. The van der Waals surface area contributed by atoms with E-state index in [1.54, 1.807) is 18.5 Å². The highest BCUT2D eigenvalue weighted by atomic mass is 16.2. The Labute approximate surface area is 168 Å². The average Bonchev–Trinajstić information content (AvgIpc) is 3.20. The van der Waals surface area contributed by atoms with E-state index in [1.807, 2.05) is 48.5 Å². The number of para-hydroxylation sites is 1. The van der Waals surface area contributed by atoms with Crippen LogP contribution in [-0.4, -0.2) is 21.6 Å². The number of aryl methyl sites for hydroxylation is 1. The highest BCUT2D eigenvalue weighted by Crippen LogP contribution is 2.25. The zero-order valence-electron chi connectivity index (χ0n) is 15.7. The molecule has 0 unspecified atom stereocenters. The molecule has 0 saturated carbocycles. The molecule has 29 heavy (non-hydrogen) atoms. The summed E-state index contributed by atoms with van der Waals surface area (Å²) in [5, 5.41) is 5.23. The van der Waals surface area contributed by atoms with Gasteiger partial charge in [-0.15, -0.1) is 0 Å². The van der Waals surface area contributed by atoms with Crippen molar-refractivity contribution in [3.05, 3.63) is 95.8 Å². The summed E-state index contributed by atoms with van der Waals surface area (Å²) in [5.74, 6) is -0.245. The standard InChI is InChI=1S/C24H18N4O/c29-24(28-27-22-12-11-16-6-1-2-8-18(16)22)20-14-23(17-7-5-13-25-15-17)26-21-10-4-3-9-19(20)21/h1-10,13-15H,11-12H2,(H,28,29). The van der Waals surface area contributed by atoms with Crippen LogP contribution in [0.1, 0.15) is 27.9 Å². The maximum Gasteiger partial charge on any atom is 0.272 e. The Balaban J connectivity index is 1.52. The third kappa shape index (κ3) is 3.27. The SMILES string of the molecule is O=C(NN=C1CCc2ccccc21)c1cc(-c2cccnc2)nc2ccccc12. The molecule has 0 spiro atoms. The number of amides is 1. The minimum absolute atomic E-state index is 0.245. The predicted octanol–water partition coefficient (Wildman–Crippen LogP) is 4.38. The largest absolute Gasteiger partial charge is 0.272 e. The summed E-state index contributed by atoms with van der Waals surface area (Å²) < 4.78 is 0. The number of fused-ring (bicyclic) bond motifs is 2. The van der Waals surface area contributed by atoms with Gasteiger partial charge in [0.1, 0.15) is 0 Å².